The molecule has 1 aromatic heterocycles. The molecule has 0 aliphatic rings. The third kappa shape index (κ3) is 4.80. The van der Waals surface area contributed by atoms with Crippen molar-refractivity contribution in [2.75, 3.05) is 12.4 Å². The second kappa shape index (κ2) is 8.87. The first-order valence-electron chi connectivity index (χ1n) is 8.68. The summed E-state index contributed by atoms with van der Waals surface area (Å²) in [5.74, 6) is -1.36. The van der Waals surface area contributed by atoms with Crippen molar-refractivity contribution in [3.05, 3.63) is 64.7 Å². The van der Waals surface area contributed by atoms with Crippen LogP contribution in [-0.4, -0.2) is 33.8 Å². The molecule has 0 saturated heterocycles. The Kier molecular flexibility index (Phi) is 6.28. The molecular formula is C20H18FN3O4S. The molecule has 1 N–H and O–H groups in total. The van der Waals surface area contributed by atoms with Crippen LogP contribution in [0.1, 0.15) is 6.92 Å². The van der Waals surface area contributed by atoms with Crippen LogP contribution in [0.5, 0.6) is 0 Å². The van der Waals surface area contributed by atoms with E-state index in [0.717, 1.165) is 11.8 Å². The Labute approximate surface area is 169 Å². The van der Waals surface area contributed by atoms with Gasteiger partial charge in [-0.3, -0.25) is 19.0 Å². The molecule has 7 nitrogen and oxygen atoms in total. The van der Waals surface area contributed by atoms with Crippen LogP contribution >= 0.6 is 11.8 Å². The number of carbonyl (C=O) groups excluding carboxylic acids is 2. The lowest BCUT2D eigenvalue weighted by molar-refractivity contribution is -0.141. The number of methoxy groups -OCH3 is 1. The van der Waals surface area contributed by atoms with Gasteiger partial charge < -0.3 is 10.1 Å². The quantitative estimate of drug-likeness (QED) is 0.378. The van der Waals surface area contributed by atoms with Crippen LogP contribution in [0.4, 0.5) is 10.1 Å². The third-order valence-electron chi connectivity index (χ3n) is 4.10. The van der Waals surface area contributed by atoms with Gasteiger partial charge in [0.15, 0.2) is 5.16 Å². The van der Waals surface area contributed by atoms with E-state index < -0.39 is 22.6 Å². The molecular weight excluding hydrogens is 397 g/mol. The molecule has 1 heterocycles. The molecule has 0 saturated carbocycles. The van der Waals surface area contributed by atoms with Crippen LogP contribution in [0, 0.1) is 5.82 Å². The summed E-state index contributed by atoms with van der Waals surface area (Å²) in [4.78, 5) is 41.6. The molecule has 0 fully saturated rings. The minimum Gasteiger partial charge on any atom is -0.468 e. The summed E-state index contributed by atoms with van der Waals surface area (Å²) >= 11 is 1.04. The maximum Gasteiger partial charge on any atom is 0.325 e. The first-order chi connectivity index (χ1) is 13.9. The fraction of sp³-hybridized carbons (Fsp3) is 0.200. The van der Waals surface area contributed by atoms with Crippen molar-refractivity contribution in [3.63, 3.8) is 0 Å². The number of nitrogens with zero attached hydrogens (tertiary/aromatic N) is 2. The molecule has 3 aromatic rings. The van der Waals surface area contributed by atoms with Gasteiger partial charge in [-0.15, -0.1) is 0 Å². The molecule has 29 heavy (non-hydrogen) atoms. The number of benzene rings is 2. The van der Waals surface area contributed by atoms with Gasteiger partial charge in [0.2, 0.25) is 5.91 Å². The number of fused-ring (bicyclic) bond motifs is 1. The average molecular weight is 415 g/mol. The predicted octanol–water partition coefficient (Wildman–Crippen LogP) is 2.83. The van der Waals surface area contributed by atoms with Crippen LogP contribution in [-0.2, 0) is 20.9 Å². The predicted molar refractivity (Wildman–Crippen MR) is 108 cm³/mol. The van der Waals surface area contributed by atoms with E-state index in [9.17, 15) is 18.8 Å². The standard InChI is InChI=1S/C20H18FN3O4S/c1-12(18(26)22-14-9-7-13(21)8-10-14)29-20-23-16-6-4-3-5-15(16)19(27)24(20)11-17(25)28-2/h3-10,12H,11H2,1-2H3,(H,22,26)/t12-/m0/s1. The Morgan fingerprint density at radius 2 is 1.90 bits per heavy atom. The van der Waals surface area contributed by atoms with Crippen LogP contribution in [0.15, 0.2) is 58.5 Å². The SMILES string of the molecule is COC(=O)Cn1c(S[C@@H](C)C(=O)Nc2ccc(F)cc2)nc2ccccc2c1=O. The highest BCUT2D eigenvalue weighted by Gasteiger charge is 2.21. The Morgan fingerprint density at radius 1 is 1.21 bits per heavy atom. The molecule has 1 atom stereocenters. The number of hydrogen-bond donors (Lipinski definition) is 1. The summed E-state index contributed by atoms with van der Waals surface area (Å²) in [6.07, 6.45) is 0. The number of para-hydroxylation sites is 1. The lowest BCUT2D eigenvalue weighted by Gasteiger charge is -2.16. The maximum absolute atomic E-state index is 13.0. The maximum atomic E-state index is 13.0. The highest BCUT2D eigenvalue weighted by Crippen LogP contribution is 2.24. The first kappa shape index (κ1) is 20.5. The highest BCUT2D eigenvalue weighted by molar-refractivity contribution is 8.00. The normalized spacial score (nSPS) is 11.8. The smallest absolute Gasteiger partial charge is 0.325 e. The molecule has 3 rings (SSSR count). The van der Waals surface area contributed by atoms with Crippen LogP contribution in [0.2, 0.25) is 0 Å². The Bertz CT molecular complexity index is 1110. The van der Waals surface area contributed by atoms with Gasteiger partial charge >= 0.3 is 5.97 Å². The van der Waals surface area contributed by atoms with E-state index in [1.54, 1.807) is 31.2 Å². The molecule has 1 amide bonds. The van der Waals surface area contributed by atoms with Gasteiger partial charge in [-0.1, -0.05) is 23.9 Å². The van der Waals surface area contributed by atoms with Gasteiger partial charge in [-0.2, -0.15) is 0 Å². The second-order valence-corrected chi connectivity index (χ2v) is 7.44. The molecule has 0 bridgehead atoms. The summed E-state index contributed by atoms with van der Waals surface area (Å²) < 4.78 is 18.9. The largest absolute Gasteiger partial charge is 0.468 e. The minimum atomic E-state index is -0.642. The van der Waals surface area contributed by atoms with Gasteiger partial charge in [0.05, 0.1) is 23.3 Å². The van der Waals surface area contributed by atoms with Crippen molar-refractivity contribution in [2.45, 2.75) is 23.9 Å². The topological polar surface area (TPSA) is 90.3 Å². The number of esters is 1. The number of amides is 1. The van der Waals surface area contributed by atoms with Gasteiger partial charge in [0, 0.05) is 5.69 Å². The zero-order valence-electron chi connectivity index (χ0n) is 15.7. The number of halogens is 1. The molecule has 0 spiro atoms. The van der Waals surface area contributed by atoms with Crippen molar-refractivity contribution in [1.82, 2.24) is 9.55 Å². The first-order valence-corrected chi connectivity index (χ1v) is 9.56. The fourth-order valence-corrected chi connectivity index (χ4v) is 3.47. The second-order valence-electron chi connectivity index (χ2n) is 6.14. The third-order valence-corrected chi connectivity index (χ3v) is 5.19. The molecule has 0 aliphatic heterocycles. The molecule has 0 unspecified atom stereocenters. The van der Waals surface area contributed by atoms with Crippen LogP contribution < -0.4 is 10.9 Å². The van der Waals surface area contributed by atoms with Crippen molar-refractivity contribution in [3.8, 4) is 0 Å². The monoisotopic (exact) mass is 415 g/mol. The number of rotatable bonds is 6. The number of hydrogen-bond acceptors (Lipinski definition) is 6. The Morgan fingerprint density at radius 3 is 2.59 bits per heavy atom. The van der Waals surface area contributed by atoms with Crippen LogP contribution in [0.25, 0.3) is 10.9 Å². The zero-order chi connectivity index (χ0) is 21.0. The Hall–Kier alpha value is -3.20. The summed E-state index contributed by atoms with van der Waals surface area (Å²) in [6.45, 7) is 1.33. The highest BCUT2D eigenvalue weighted by atomic mass is 32.2. The van der Waals surface area contributed by atoms with E-state index in [-0.39, 0.29) is 17.6 Å². The van der Waals surface area contributed by atoms with Gasteiger partial charge in [0.1, 0.15) is 12.4 Å². The van der Waals surface area contributed by atoms with Crippen molar-refractivity contribution >= 4 is 40.2 Å². The van der Waals surface area contributed by atoms with Crippen molar-refractivity contribution in [1.29, 1.82) is 0 Å². The molecule has 2 aromatic carbocycles. The lowest BCUT2D eigenvalue weighted by Crippen LogP contribution is -2.29. The van der Waals surface area contributed by atoms with Gasteiger partial charge in [-0.05, 0) is 43.3 Å². The lowest BCUT2D eigenvalue weighted by atomic mass is 10.2. The number of aromatic nitrogens is 2. The van der Waals surface area contributed by atoms with E-state index in [2.05, 4.69) is 15.0 Å². The summed E-state index contributed by atoms with van der Waals surface area (Å²) in [5, 5.41) is 2.63. The van der Waals surface area contributed by atoms with E-state index in [1.807, 2.05) is 0 Å². The number of thioether (sulfide) groups is 1. The molecule has 150 valence electrons. The van der Waals surface area contributed by atoms with Gasteiger partial charge in [-0.25, -0.2) is 9.37 Å². The molecule has 0 radical (unpaired) electrons. The van der Waals surface area contributed by atoms with Crippen molar-refractivity contribution in [2.24, 2.45) is 0 Å². The number of anilines is 1. The molecule has 0 aliphatic carbocycles. The van der Waals surface area contributed by atoms with E-state index in [0.29, 0.717) is 16.6 Å². The zero-order valence-corrected chi connectivity index (χ0v) is 16.5. The molecule has 9 heteroatoms. The fourth-order valence-electron chi connectivity index (χ4n) is 2.56. The van der Waals surface area contributed by atoms with Crippen LogP contribution in [0.3, 0.4) is 0 Å². The van der Waals surface area contributed by atoms with Crippen molar-refractivity contribution < 1.29 is 18.7 Å². The number of carbonyl (C=O) groups is 2. The number of nitrogens with one attached hydrogen (secondary N) is 1. The van der Waals surface area contributed by atoms with E-state index in [1.165, 1.54) is 35.9 Å². The average Bonchev–Trinajstić information content (AvgIpc) is 2.72. The minimum absolute atomic E-state index is 0.223. The Balaban J connectivity index is 1.89. The summed E-state index contributed by atoms with van der Waals surface area (Å²) in [6, 6.07) is 12.2. The van der Waals surface area contributed by atoms with E-state index >= 15 is 0 Å². The number of ether oxygens (including phenoxy) is 1. The summed E-state index contributed by atoms with van der Waals surface area (Å²) in [7, 11) is 1.23. The van der Waals surface area contributed by atoms with E-state index in [4.69, 9.17) is 0 Å². The van der Waals surface area contributed by atoms with Gasteiger partial charge in [0.25, 0.3) is 5.56 Å². The summed E-state index contributed by atoms with van der Waals surface area (Å²) in [5.41, 5.74) is 0.518.